The molecule has 0 heterocycles. The molecule has 0 aliphatic heterocycles. The van der Waals surface area contributed by atoms with Crippen molar-refractivity contribution in [3.63, 3.8) is 0 Å². The average molecular weight is 319 g/mol. The number of rotatable bonds is 5. The Hall–Kier alpha value is -2.40. The maximum Gasteiger partial charge on any atom is 0.293 e. The quantitative estimate of drug-likeness (QED) is 0.496. The summed E-state index contributed by atoms with van der Waals surface area (Å²) < 4.78 is 0. The fraction of sp³-hybridized carbons (Fsp3) is 0.188. The number of benzene rings is 2. The Morgan fingerprint density at radius 2 is 1.86 bits per heavy atom. The van der Waals surface area contributed by atoms with E-state index in [0.717, 1.165) is 5.56 Å². The van der Waals surface area contributed by atoms with E-state index >= 15 is 0 Å². The van der Waals surface area contributed by atoms with Crippen LogP contribution in [0.4, 0.5) is 11.4 Å². The van der Waals surface area contributed by atoms with Crippen LogP contribution in [-0.4, -0.2) is 10.7 Å². The summed E-state index contributed by atoms with van der Waals surface area (Å²) in [5.41, 5.74) is 1.52. The summed E-state index contributed by atoms with van der Waals surface area (Å²) in [6.07, 6.45) is 0. The van der Waals surface area contributed by atoms with Gasteiger partial charge in [-0.05, 0) is 43.7 Å². The molecular weight excluding hydrogens is 304 g/mol. The van der Waals surface area contributed by atoms with E-state index in [2.05, 4.69) is 5.32 Å². The summed E-state index contributed by atoms with van der Waals surface area (Å²) in [5.74, 6) is -0.208. The Bertz CT molecular complexity index is 714. The van der Waals surface area contributed by atoms with E-state index in [0.29, 0.717) is 16.3 Å². The van der Waals surface area contributed by atoms with Crippen LogP contribution in [0.5, 0.6) is 0 Å². The van der Waals surface area contributed by atoms with Gasteiger partial charge in [-0.15, -0.1) is 0 Å². The van der Waals surface area contributed by atoms with E-state index in [1.807, 2.05) is 19.1 Å². The Morgan fingerprint density at radius 1 is 1.23 bits per heavy atom. The monoisotopic (exact) mass is 318 g/mol. The lowest BCUT2D eigenvalue weighted by molar-refractivity contribution is -0.384. The van der Waals surface area contributed by atoms with Crippen molar-refractivity contribution < 1.29 is 9.72 Å². The highest BCUT2D eigenvalue weighted by Gasteiger charge is 2.18. The first-order valence-electron chi connectivity index (χ1n) is 6.70. The maximum absolute atomic E-state index is 11.4. The number of carbonyl (C=O) groups excluding carboxylic acids is 1. The van der Waals surface area contributed by atoms with Crippen molar-refractivity contribution in [2.75, 3.05) is 5.32 Å². The summed E-state index contributed by atoms with van der Waals surface area (Å²) in [7, 11) is 0. The zero-order chi connectivity index (χ0) is 16.3. The maximum atomic E-state index is 11.4. The molecule has 2 aromatic rings. The highest BCUT2D eigenvalue weighted by atomic mass is 35.5. The largest absolute Gasteiger partial charge is 0.373 e. The predicted molar refractivity (Wildman–Crippen MR) is 86.6 cm³/mol. The average Bonchev–Trinajstić information content (AvgIpc) is 2.47. The molecule has 0 unspecified atom stereocenters. The molecule has 0 saturated carbocycles. The second-order valence-electron chi connectivity index (χ2n) is 4.96. The molecule has 5 nitrogen and oxygen atoms in total. The number of Topliss-reactive ketones (excluding diaryl/α,β-unsaturated/α-hetero) is 1. The second kappa shape index (κ2) is 6.58. The molecule has 0 radical (unpaired) electrons. The molecular formula is C16H15ClN2O3. The first-order chi connectivity index (χ1) is 10.4. The molecule has 0 fully saturated rings. The van der Waals surface area contributed by atoms with Gasteiger partial charge in [-0.25, -0.2) is 0 Å². The third kappa shape index (κ3) is 3.62. The van der Waals surface area contributed by atoms with Gasteiger partial charge in [0.15, 0.2) is 5.78 Å². The number of ketones is 1. The fourth-order valence-electron chi connectivity index (χ4n) is 2.09. The number of nitro benzene ring substituents is 1. The summed E-state index contributed by atoms with van der Waals surface area (Å²) in [6, 6.07) is 11.5. The normalized spacial score (nSPS) is 11.8. The number of nitrogens with one attached hydrogen (secondary N) is 1. The molecule has 6 heteroatoms. The SMILES string of the molecule is CC(=O)c1ccc(N[C@@H](C)c2ccc(Cl)cc2)c([N+](=O)[O-])c1. The van der Waals surface area contributed by atoms with E-state index in [-0.39, 0.29) is 17.5 Å². The topological polar surface area (TPSA) is 72.2 Å². The number of carbonyl (C=O) groups is 1. The van der Waals surface area contributed by atoms with Crippen molar-refractivity contribution in [2.24, 2.45) is 0 Å². The van der Waals surface area contributed by atoms with Crippen molar-refractivity contribution in [1.29, 1.82) is 0 Å². The van der Waals surface area contributed by atoms with Crippen LogP contribution in [-0.2, 0) is 0 Å². The van der Waals surface area contributed by atoms with Crippen LogP contribution >= 0.6 is 11.6 Å². The molecule has 2 rings (SSSR count). The lowest BCUT2D eigenvalue weighted by Crippen LogP contribution is -2.09. The van der Waals surface area contributed by atoms with Crippen molar-refractivity contribution >= 4 is 28.8 Å². The van der Waals surface area contributed by atoms with Gasteiger partial charge >= 0.3 is 0 Å². The lowest BCUT2D eigenvalue weighted by Gasteiger charge is -2.16. The minimum Gasteiger partial charge on any atom is -0.373 e. The Kier molecular flexibility index (Phi) is 4.78. The predicted octanol–water partition coefficient (Wildman–Crippen LogP) is 4.62. The van der Waals surface area contributed by atoms with E-state index in [9.17, 15) is 14.9 Å². The molecule has 0 aliphatic rings. The van der Waals surface area contributed by atoms with Gasteiger partial charge in [0.25, 0.3) is 5.69 Å². The van der Waals surface area contributed by atoms with Crippen LogP contribution in [0.25, 0.3) is 0 Å². The van der Waals surface area contributed by atoms with Crippen LogP contribution < -0.4 is 5.32 Å². The lowest BCUT2D eigenvalue weighted by atomic mass is 10.1. The Labute approximate surface area is 133 Å². The van der Waals surface area contributed by atoms with Crippen molar-refractivity contribution in [3.8, 4) is 0 Å². The Morgan fingerprint density at radius 3 is 2.41 bits per heavy atom. The number of hydrogen-bond donors (Lipinski definition) is 1. The third-order valence-electron chi connectivity index (χ3n) is 3.34. The highest BCUT2D eigenvalue weighted by Crippen LogP contribution is 2.29. The molecule has 22 heavy (non-hydrogen) atoms. The number of halogens is 1. The molecule has 1 atom stereocenters. The van der Waals surface area contributed by atoms with Crippen LogP contribution in [0, 0.1) is 10.1 Å². The first-order valence-corrected chi connectivity index (χ1v) is 7.07. The van der Waals surface area contributed by atoms with Crippen molar-refractivity contribution in [1.82, 2.24) is 0 Å². The molecule has 114 valence electrons. The summed E-state index contributed by atoms with van der Waals surface area (Å²) in [6.45, 7) is 3.27. The van der Waals surface area contributed by atoms with E-state index in [4.69, 9.17) is 11.6 Å². The van der Waals surface area contributed by atoms with Gasteiger partial charge in [0.05, 0.1) is 4.92 Å². The minimum absolute atomic E-state index is 0.117. The zero-order valence-electron chi connectivity index (χ0n) is 12.2. The number of hydrogen-bond acceptors (Lipinski definition) is 4. The summed E-state index contributed by atoms with van der Waals surface area (Å²) in [4.78, 5) is 22.1. The standard InChI is InChI=1S/C16H15ClN2O3/c1-10(12-3-6-14(17)7-4-12)18-15-8-5-13(11(2)20)9-16(15)19(21)22/h3-10,18H,1-2H3/t10-/m0/s1. The van der Waals surface area contributed by atoms with Gasteiger partial charge in [0.1, 0.15) is 5.69 Å². The van der Waals surface area contributed by atoms with Gasteiger partial charge < -0.3 is 5.32 Å². The van der Waals surface area contributed by atoms with Gasteiger partial charge in [0.2, 0.25) is 0 Å². The van der Waals surface area contributed by atoms with Gasteiger partial charge in [-0.3, -0.25) is 14.9 Å². The van der Waals surface area contributed by atoms with Gasteiger partial charge in [-0.1, -0.05) is 23.7 Å². The van der Waals surface area contributed by atoms with Gasteiger partial charge in [-0.2, -0.15) is 0 Å². The summed E-state index contributed by atoms with van der Waals surface area (Å²) >= 11 is 5.85. The number of nitro groups is 1. The van der Waals surface area contributed by atoms with E-state index < -0.39 is 4.92 Å². The van der Waals surface area contributed by atoms with E-state index in [1.54, 1.807) is 24.3 Å². The first kappa shape index (κ1) is 16.0. The van der Waals surface area contributed by atoms with Crippen molar-refractivity contribution in [2.45, 2.75) is 19.9 Å². The van der Waals surface area contributed by atoms with Crippen LogP contribution in [0.15, 0.2) is 42.5 Å². The van der Waals surface area contributed by atoms with E-state index in [1.165, 1.54) is 13.0 Å². The molecule has 1 N–H and O–H groups in total. The highest BCUT2D eigenvalue weighted by molar-refractivity contribution is 6.30. The number of nitrogens with zero attached hydrogens (tertiary/aromatic N) is 1. The van der Waals surface area contributed by atoms with Crippen LogP contribution in [0.3, 0.4) is 0 Å². The molecule has 0 amide bonds. The number of anilines is 1. The molecule has 0 aromatic heterocycles. The molecule has 0 saturated heterocycles. The van der Waals surface area contributed by atoms with Gasteiger partial charge in [0, 0.05) is 22.7 Å². The van der Waals surface area contributed by atoms with Crippen LogP contribution in [0.1, 0.15) is 35.8 Å². The molecule has 0 bridgehead atoms. The Balaban J connectivity index is 2.30. The second-order valence-corrected chi connectivity index (χ2v) is 5.40. The summed E-state index contributed by atoms with van der Waals surface area (Å²) in [5, 5.41) is 14.9. The molecule has 2 aromatic carbocycles. The van der Waals surface area contributed by atoms with Crippen LogP contribution in [0.2, 0.25) is 5.02 Å². The molecule has 0 aliphatic carbocycles. The molecule has 0 spiro atoms. The smallest absolute Gasteiger partial charge is 0.293 e. The third-order valence-corrected chi connectivity index (χ3v) is 3.59. The minimum atomic E-state index is -0.497. The van der Waals surface area contributed by atoms with Crippen molar-refractivity contribution in [3.05, 3.63) is 68.7 Å². The fourth-order valence-corrected chi connectivity index (χ4v) is 2.22. The zero-order valence-corrected chi connectivity index (χ0v) is 12.9.